The van der Waals surface area contributed by atoms with E-state index >= 15 is 0 Å². The first kappa shape index (κ1) is 53.3. The Labute approximate surface area is 345 Å². The number of nitrogens with one attached hydrogen (secondary N) is 1. The minimum absolute atomic E-state index is 0.267. The number of ether oxygens (including phenoxy) is 2. The lowest BCUT2D eigenvalue weighted by molar-refractivity contribution is -0.298. The Morgan fingerprint density at radius 2 is 1.23 bits per heavy atom. The summed E-state index contributed by atoms with van der Waals surface area (Å²) in [6.07, 6.45) is 32.0. The second-order valence-corrected chi connectivity index (χ2v) is 16.7. The minimum Gasteiger partial charge on any atom is -0.394 e. The monoisotopic (exact) mass is 832 g/mol. The van der Waals surface area contributed by atoms with Gasteiger partial charge in [-0.3, -0.25) is 9.35 Å². The lowest BCUT2D eigenvalue weighted by Crippen LogP contribution is -2.61. The van der Waals surface area contributed by atoms with Crippen LogP contribution in [0.5, 0.6) is 0 Å². The number of carbonyl (C=O) groups excluding carboxylic acids is 1. The van der Waals surface area contributed by atoms with Crippen LogP contribution in [0.25, 0.3) is 0 Å². The van der Waals surface area contributed by atoms with Crippen molar-refractivity contribution >= 4 is 16.3 Å². The SMILES string of the molecule is CC/C=C\C/C=C\CCCCCCCCCCCCCCCCC(=O)NC(COC1OC(CO)C(O)C(OS(=O)(=O)O)C1O)C(O)/C=C/CCCCCCCCC. The van der Waals surface area contributed by atoms with Gasteiger partial charge in [0.25, 0.3) is 0 Å². The van der Waals surface area contributed by atoms with Crippen molar-refractivity contribution < 1.29 is 51.8 Å². The predicted molar refractivity (Wildman–Crippen MR) is 227 cm³/mol. The highest BCUT2D eigenvalue weighted by Gasteiger charge is 2.48. The van der Waals surface area contributed by atoms with Crippen molar-refractivity contribution in [1.82, 2.24) is 5.32 Å². The highest BCUT2D eigenvalue weighted by Crippen LogP contribution is 2.26. The summed E-state index contributed by atoms with van der Waals surface area (Å²) in [5, 5.41) is 44.5. The van der Waals surface area contributed by atoms with Gasteiger partial charge in [-0.2, -0.15) is 8.42 Å². The Kier molecular flexibility index (Phi) is 32.9. The Balaban J connectivity index is 2.42. The molecule has 6 N–H and O–H groups in total. The molecule has 0 radical (unpaired) electrons. The molecule has 1 aliphatic rings. The molecule has 0 aliphatic carbocycles. The van der Waals surface area contributed by atoms with Gasteiger partial charge in [-0.25, -0.2) is 4.18 Å². The minimum atomic E-state index is -5.08. The molecule has 334 valence electrons. The lowest BCUT2D eigenvalue weighted by atomic mass is 9.99. The Morgan fingerprint density at radius 1 is 0.719 bits per heavy atom. The van der Waals surface area contributed by atoms with E-state index in [1.54, 1.807) is 6.08 Å². The molecule has 13 heteroatoms. The van der Waals surface area contributed by atoms with Gasteiger partial charge in [0.05, 0.1) is 25.4 Å². The molecule has 1 amide bonds. The molecular formula is C44H81NO11S. The van der Waals surface area contributed by atoms with E-state index < -0.39 is 59.9 Å². The lowest BCUT2D eigenvalue weighted by Gasteiger charge is -2.41. The van der Waals surface area contributed by atoms with Crippen molar-refractivity contribution in [3.63, 3.8) is 0 Å². The normalized spacial score (nSPS) is 21.6. The van der Waals surface area contributed by atoms with Crippen LogP contribution < -0.4 is 5.32 Å². The Hall–Kier alpha value is -1.68. The van der Waals surface area contributed by atoms with Crippen LogP contribution in [-0.2, 0) is 28.9 Å². The molecule has 1 heterocycles. The van der Waals surface area contributed by atoms with Crippen LogP contribution in [0, 0.1) is 0 Å². The van der Waals surface area contributed by atoms with Gasteiger partial charge >= 0.3 is 10.4 Å². The zero-order chi connectivity index (χ0) is 42.0. The molecule has 0 aromatic heterocycles. The zero-order valence-corrected chi connectivity index (χ0v) is 36.2. The van der Waals surface area contributed by atoms with E-state index in [0.29, 0.717) is 6.42 Å². The van der Waals surface area contributed by atoms with Crippen molar-refractivity contribution in [2.45, 2.75) is 224 Å². The molecule has 1 saturated heterocycles. The standard InChI is InChI=1S/C44H81NO11S/c1-3-5-7-9-11-13-14-15-16-17-18-19-20-21-22-23-24-26-28-30-32-34-40(48)45-37(38(47)33-31-29-27-25-12-10-8-6-4-2)36-54-44-42(50)43(56-57(51,52)53)41(49)39(35-46)55-44/h5,7,11,13,31,33,37-39,41-44,46-47,49-50H,3-4,6,8-10,12,14-30,32,34-36H2,1-2H3,(H,45,48)(H,51,52,53)/b7-5-,13-11-,33-31+. The van der Waals surface area contributed by atoms with Gasteiger partial charge in [-0.05, 0) is 44.9 Å². The summed E-state index contributed by atoms with van der Waals surface area (Å²) in [5.74, 6) is -0.267. The molecule has 12 nitrogen and oxygen atoms in total. The summed E-state index contributed by atoms with van der Waals surface area (Å²) in [6.45, 7) is 3.24. The summed E-state index contributed by atoms with van der Waals surface area (Å²) >= 11 is 0. The van der Waals surface area contributed by atoms with Crippen molar-refractivity contribution in [3.8, 4) is 0 Å². The third-order valence-electron chi connectivity index (χ3n) is 10.4. The Morgan fingerprint density at radius 3 is 1.75 bits per heavy atom. The Bertz CT molecular complexity index is 1160. The van der Waals surface area contributed by atoms with Crippen LogP contribution in [0.4, 0.5) is 0 Å². The fourth-order valence-electron chi connectivity index (χ4n) is 6.96. The van der Waals surface area contributed by atoms with Crippen LogP contribution >= 0.6 is 0 Å². The molecule has 0 bridgehead atoms. The first-order valence-electron chi connectivity index (χ1n) is 22.4. The fraction of sp³-hybridized carbons (Fsp3) is 0.841. The van der Waals surface area contributed by atoms with Crippen molar-refractivity contribution in [3.05, 3.63) is 36.5 Å². The van der Waals surface area contributed by atoms with Crippen molar-refractivity contribution in [1.29, 1.82) is 0 Å². The van der Waals surface area contributed by atoms with Gasteiger partial charge < -0.3 is 35.2 Å². The average Bonchev–Trinajstić information content (AvgIpc) is 3.18. The third-order valence-corrected chi connectivity index (χ3v) is 10.9. The fourth-order valence-corrected chi connectivity index (χ4v) is 7.47. The highest BCUT2D eigenvalue weighted by molar-refractivity contribution is 7.80. The van der Waals surface area contributed by atoms with E-state index in [4.69, 9.17) is 14.0 Å². The summed E-state index contributed by atoms with van der Waals surface area (Å²) in [6, 6.07) is -0.940. The number of hydrogen-bond donors (Lipinski definition) is 6. The number of carbonyl (C=O) groups is 1. The van der Waals surface area contributed by atoms with E-state index in [1.807, 2.05) is 6.08 Å². The number of allylic oxidation sites excluding steroid dienone is 5. The first-order valence-corrected chi connectivity index (χ1v) is 23.7. The molecule has 57 heavy (non-hydrogen) atoms. The summed E-state index contributed by atoms with van der Waals surface area (Å²) in [7, 11) is -5.08. The number of aliphatic hydroxyl groups excluding tert-OH is 4. The van der Waals surface area contributed by atoms with E-state index in [1.165, 1.54) is 96.3 Å². The summed E-state index contributed by atoms with van der Waals surface area (Å²) < 4.78 is 47.4. The molecular weight excluding hydrogens is 751 g/mol. The average molecular weight is 832 g/mol. The zero-order valence-electron chi connectivity index (χ0n) is 35.4. The van der Waals surface area contributed by atoms with E-state index in [0.717, 1.165) is 57.8 Å². The largest absolute Gasteiger partial charge is 0.397 e. The maximum atomic E-state index is 13.0. The van der Waals surface area contributed by atoms with Crippen LogP contribution in [0.1, 0.15) is 181 Å². The number of aliphatic hydroxyl groups is 4. The molecule has 1 fully saturated rings. The van der Waals surface area contributed by atoms with Crippen LogP contribution in [0.3, 0.4) is 0 Å². The third kappa shape index (κ3) is 28.4. The molecule has 7 atom stereocenters. The van der Waals surface area contributed by atoms with Crippen LogP contribution in [0.2, 0.25) is 0 Å². The van der Waals surface area contributed by atoms with Gasteiger partial charge in [0.15, 0.2) is 6.29 Å². The van der Waals surface area contributed by atoms with E-state index in [2.05, 4.69) is 47.7 Å². The van der Waals surface area contributed by atoms with Crippen molar-refractivity contribution in [2.24, 2.45) is 0 Å². The molecule has 0 saturated carbocycles. The van der Waals surface area contributed by atoms with Crippen molar-refractivity contribution in [2.75, 3.05) is 13.2 Å². The van der Waals surface area contributed by atoms with Gasteiger partial charge in [-0.15, -0.1) is 0 Å². The van der Waals surface area contributed by atoms with E-state index in [9.17, 15) is 33.6 Å². The summed E-state index contributed by atoms with van der Waals surface area (Å²) in [5.41, 5.74) is 0. The topological polar surface area (TPSA) is 192 Å². The first-order chi connectivity index (χ1) is 27.5. The van der Waals surface area contributed by atoms with Gasteiger partial charge in [0, 0.05) is 6.42 Å². The smallest absolute Gasteiger partial charge is 0.394 e. The van der Waals surface area contributed by atoms with Gasteiger partial charge in [0.1, 0.15) is 24.4 Å². The van der Waals surface area contributed by atoms with Gasteiger partial charge in [-0.1, -0.05) is 166 Å². The van der Waals surface area contributed by atoms with Crippen LogP contribution in [0.15, 0.2) is 36.5 Å². The number of unbranched alkanes of at least 4 members (excludes halogenated alkanes) is 21. The number of rotatable bonds is 37. The van der Waals surface area contributed by atoms with Gasteiger partial charge in [0.2, 0.25) is 5.91 Å². The molecule has 0 spiro atoms. The second kappa shape index (κ2) is 35.1. The maximum absolute atomic E-state index is 13.0. The molecule has 0 aromatic rings. The molecule has 7 unspecified atom stereocenters. The summed E-state index contributed by atoms with van der Waals surface area (Å²) in [4.78, 5) is 13.0. The van der Waals surface area contributed by atoms with Crippen LogP contribution in [-0.4, -0.2) is 95.4 Å². The number of amides is 1. The molecule has 0 aromatic carbocycles. The highest BCUT2D eigenvalue weighted by atomic mass is 32.3. The predicted octanol–water partition coefficient (Wildman–Crippen LogP) is 8.33. The molecule has 1 rings (SSSR count). The maximum Gasteiger partial charge on any atom is 0.397 e. The second-order valence-electron chi connectivity index (χ2n) is 15.6. The number of hydrogen-bond acceptors (Lipinski definition) is 10. The molecule has 1 aliphatic heterocycles. The quantitative estimate of drug-likeness (QED) is 0.0200. The van der Waals surface area contributed by atoms with E-state index in [-0.39, 0.29) is 18.9 Å².